The van der Waals surface area contributed by atoms with Gasteiger partial charge in [-0.05, 0) is 55.3 Å². The van der Waals surface area contributed by atoms with Gasteiger partial charge in [0.25, 0.3) is 0 Å². The molecule has 0 amide bonds. The quantitative estimate of drug-likeness (QED) is 0.379. The number of carbonyl (C=O) groups is 1. The molecule has 0 spiro atoms. The van der Waals surface area contributed by atoms with Gasteiger partial charge in [0, 0.05) is 19.5 Å². The van der Waals surface area contributed by atoms with Crippen molar-refractivity contribution in [3.05, 3.63) is 71.3 Å². The molecule has 1 saturated heterocycles. The van der Waals surface area contributed by atoms with Crippen LogP contribution in [0.5, 0.6) is 0 Å². The standard InChI is InChI=1S/C27H37NO3.ClH/c1-2-9-22-13-15-24(16-14-22)27(23-10-5-3-6-11-23)31-25-17-20-28(21-18-25)19-8-4-7-12-26(29)30;/h3,5-6,10-11,13-16,25,27H,2,4,7-9,12,17-21H2,1H3,(H,29,30);1H. The first-order valence-corrected chi connectivity index (χ1v) is 11.9. The summed E-state index contributed by atoms with van der Waals surface area (Å²) in [6, 6.07) is 19.5. The molecule has 2 aromatic carbocycles. The summed E-state index contributed by atoms with van der Waals surface area (Å²) in [5.74, 6) is -0.689. The van der Waals surface area contributed by atoms with Crippen molar-refractivity contribution in [1.82, 2.24) is 4.90 Å². The minimum Gasteiger partial charge on any atom is -0.481 e. The fourth-order valence-corrected chi connectivity index (χ4v) is 4.38. The fourth-order valence-electron chi connectivity index (χ4n) is 4.38. The van der Waals surface area contributed by atoms with Crippen molar-refractivity contribution in [1.29, 1.82) is 0 Å². The smallest absolute Gasteiger partial charge is 0.303 e. The first kappa shape index (κ1) is 26.4. The second kappa shape index (κ2) is 14.3. The van der Waals surface area contributed by atoms with Gasteiger partial charge in [-0.2, -0.15) is 0 Å². The van der Waals surface area contributed by atoms with Gasteiger partial charge < -0.3 is 14.7 Å². The van der Waals surface area contributed by atoms with Crippen LogP contribution >= 0.6 is 12.4 Å². The van der Waals surface area contributed by atoms with Crippen LogP contribution in [-0.2, 0) is 16.0 Å². The topological polar surface area (TPSA) is 49.8 Å². The number of hydrogen-bond donors (Lipinski definition) is 1. The fraction of sp³-hybridized carbons (Fsp3) is 0.519. The number of carboxylic acid groups (broad SMARTS) is 1. The molecule has 4 nitrogen and oxygen atoms in total. The Morgan fingerprint density at radius 3 is 2.28 bits per heavy atom. The lowest BCUT2D eigenvalue weighted by atomic mass is 9.98. The first-order chi connectivity index (χ1) is 15.2. The van der Waals surface area contributed by atoms with Crippen LogP contribution in [0.15, 0.2) is 54.6 Å². The molecule has 0 aliphatic carbocycles. The van der Waals surface area contributed by atoms with E-state index >= 15 is 0 Å². The summed E-state index contributed by atoms with van der Waals surface area (Å²) in [7, 11) is 0. The molecule has 1 aliphatic heterocycles. The lowest BCUT2D eigenvalue weighted by Crippen LogP contribution is -2.38. The van der Waals surface area contributed by atoms with E-state index in [9.17, 15) is 4.79 Å². The van der Waals surface area contributed by atoms with Crippen LogP contribution in [-0.4, -0.2) is 41.7 Å². The Kier molecular flexibility index (Phi) is 11.8. The van der Waals surface area contributed by atoms with Crippen LogP contribution in [0.1, 0.15) is 74.7 Å². The van der Waals surface area contributed by atoms with Gasteiger partial charge in [0.15, 0.2) is 0 Å². The number of rotatable bonds is 12. The molecule has 0 saturated carbocycles. The third-order valence-electron chi connectivity index (χ3n) is 6.15. The van der Waals surface area contributed by atoms with Crippen LogP contribution in [0, 0.1) is 0 Å². The maximum Gasteiger partial charge on any atom is 0.303 e. The number of nitrogens with zero attached hydrogens (tertiary/aromatic N) is 1. The van der Waals surface area contributed by atoms with E-state index in [1.165, 1.54) is 16.7 Å². The van der Waals surface area contributed by atoms with Crippen LogP contribution in [0.2, 0.25) is 0 Å². The van der Waals surface area contributed by atoms with Crippen molar-refractivity contribution in [3.63, 3.8) is 0 Å². The third kappa shape index (κ3) is 8.57. The van der Waals surface area contributed by atoms with Crippen molar-refractivity contribution in [2.45, 2.75) is 70.5 Å². The Bertz CT molecular complexity index is 773. The van der Waals surface area contributed by atoms with Crippen molar-refractivity contribution in [2.24, 2.45) is 0 Å². The average molecular weight is 460 g/mol. The molecular formula is C27H38ClNO3. The maximum atomic E-state index is 10.6. The van der Waals surface area contributed by atoms with Gasteiger partial charge in [-0.3, -0.25) is 4.79 Å². The Morgan fingerprint density at radius 2 is 1.66 bits per heavy atom. The van der Waals surface area contributed by atoms with Crippen molar-refractivity contribution in [3.8, 4) is 0 Å². The lowest BCUT2D eigenvalue weighted by Gasteiger charge is -2.34. The Hall–Kier alpha value is -1.88. The van der Waals surface area contributed by atoms with E-state index < -0.39 is 5.97 Å². The monoisotopic (exact) mass is 459 g/mol. The zero-order valence-electron chi connectivity index (χ0n) is 19.2. The number of ether oxygens (including phenoxy) is 1. The van der Waals surface area contributed by atoms with E-state index in [-0.39, 0.29) is 31.0 Å². The summed E-state index contributed by atoms with van der Waals surface area (Å²) in [6.45, 7) is 5.39. The molecular weight excluding hydrogens is 422 g/mol. The molecule has 0 bridgehead atoms. The highest BCUT2D eigenvalue weighted by atomic mass is 35.5. The molecule has 5 heteroatoms. The van der Waals surface area contributed by atoms with Gasteiger partial charge in [0.2, 0.25) is 0 Å². The molecule has 32 heavy (non-hydrogen) atoms. The van der Waals surface area contributed by atoms with Crippen LogP contribution in [0.4, 0.5) is 0 Å². The number of hydrogen-bond acceptors (Lipinski definition) is 3. The largest absolute Gasteiger partial charge is 0.481 e. The van der Waals surface area contributed by atoms with Crippen LogP contribution in [0.3, 0.4) is 0 Å². The molecule has 3 rings (SSSR count). The highest BCUT2D eigenvalue weighted by Gasteiger charge is 2.24. The second-order valence-electron chi connectivity index (χ2n) is 8.66. The number of aliphatic carboxylic acids is 1. The van der Waals surface area contributed by atoms with Crippen LogP contribution < -0.4 is 0 Å². The van der Waals surface area contributed by atoms with E-state index in [0.717, 1.165) is 64.6 Å². The van der Waals surface area contributed by atoms with Crippen LogP contribution in [0.25, 0.3) is 0 Å². The highest BCUT2D eigenvalue weighted by Crippen LogP contribution is 2.30. The molecule has 0 aromatic heterocycles. The molecule has 1 N–H and O–H groups in total. The highest BCUT2D eigenvalue weighted by molar-refractivity contribution is 5.85. The summed E-state index contributed by atoms with van der Waals surface area (Å²) in [4.78, 5) is 13.1. The number of benzene rings is 2. The Labute approximate surface area is 199 Å². The van der Waals surface area contributed by atoms with Gasteiger partial charge in [-0.1, -0.05) is 74.4 Å². The van der Waals surface area contributed by atoms with E-state index in [0.29, 0.717) is 0 Å². The molecule has 1 unspecified atom stereocenters. The second-order valence-corrected chi connectivity index (χ2v) is 8.66. The average Bonchev–Trinajstić information content (AvgIpc) is 2.79. The van der Waals surface area contributed by atoms with Gasteiger partial charge in [-0.15, -0.1) is 12.4 Å². The summed E-state index contributed by atoms with van der Waals surface area (Å²) in [6.07, 6.45) is 7.76. The predicted molar refractivity (Wildman–Crippen MR) is 133 cm³/mol. The summed E-state index contributed by atoms with van der Waals surface area (Å²) >= 11 is 0. The number of halogens is 1. The zero-order valence-corrected chi connectivity index (χ0v) is 20.1. The molecule has 1 fully saturated rings. The Morgan fingerprint density at radius 1 is 1.00 bits per heavy atom. The molecule has 2 aromatic rings. The van der Waals surface area contributed by atoms with Gasteiger partial charge in [-0.25, -0.2) is 0 Å². The SMILES string of the molecule is CCCc1ccc(C(OC2CCN(CCCCCC(=O)O)CC2)c2ccccc2)cc1.Cl. The van der Waals surface area contributed by atoms with Crippen molar-refractivity contribution < 1.29 is 14.6 Å². The van der Waals surface area contributed by atoms with E-state index in [4.69, 9.17) is 9.84 Å². The van der Waals surface area contributed by atoms with Gasteiger partial charge in [0.05, 0.1) is 6.10 Å². The maximum absolute atomic E-state index is 10.6. The minimum absolute atomic E-state index is 0. The third-order valence-corrected chi connectivity index (χ3v) is 6.15. The molecule has 0 radical (unpaired) electrons. The summed E-state index contributed by atoms with van der Waals surface area (Å²) < 4.78 is 6.69. The molecule has 1 aliphatic rings. The number of aryl methyl sites for hydroxylation is 1. The van der Waals surface area contributed by atoms with E-state index in [2.05, 4.69) is 66.4 Å². The van der Waals surface area contributed by atoms with Gasteiger partial charge >= 0.3 is 5.97 Å². The van der Waals surface area contributed by atoms with E-state index in [1.54, 1.807) is 0 Å². The normalized spacial score (nSPS) is 15.8. The number of unbranched alkanes of at least 4 members (excludes halogenated alkanes) is 2. The van der Waals surface area contributed by atoms with Crippen molar-refractivity contribution >= 4 is 18.4 Å². The molecule has 1 atom stereocenters. The lowest BCUT2D eigenvalue weighted by molar-refractivity contribution is -0.137. The molecule has 1 heterocycles. The van der Waals surface area contributed by atoms with Gasteiger partial charge in [0.1, 0.15) is 6.10 Å². The summed E-state index contributed by atoms with van der Waals surface area (Å²) in [5.41, 5.74) is 3.83. The van der Waals surface area contributed by atoms with E-state index in [1.807, 2.05) is 0 Å². The number of likely N-dealkylation sites (tertiary alicyclic amines) is 1. The molecule has 176 valence electrons. The zero-order chi connectivity index (χ0) is 21.9. The number of piperidine rings is 1. The van der Waals surface area contributed by atoms with Crippen molar-refractivity contribution in [2.75, 3.05) is 19.6 Å². The predicted octanol–water partition coefficient (Wildman–Crippen LogP) is 6.28. The Balaban J connectivity index is 0.00000363. The summed E-state index contributed by atoms with van der Waals surface area (Å²) in [5, 5.41) is 8.74. The first-order valence-electron chi connectivity index (χ1n) is 11.9. The number of carboxylic acids is 1. The minimum atomic E-state index is -0.689.